The molecule has 7 nitrogen and oxygen atoms in total. The number of carbonyl (C=O) groups is 1. The number of ether oxygens (including phenoxy) is 2. The van der Waals surface area contributed by atoms with Gasteiger partial charge in [-0.05, 0) is 31.4 Å². The van der Waals surface area contributed by atoms with Crippen molar-refractivity contribution in [2.75, 3.05) is 39.4 Å². The molecule has 0 aliphatic carbocycles. The summed E-state index contributed by atoms with van der Waals surface area (Å²) in [6.45, 7) is 12.0. The van der Waals surface area contributed by atoms with Gasteiger partial charge in [-0.1, -0.05) is 20.8 Å². The van der Waals surface area contributed by atoms with E-state index in [1.807, 2.05) is 34.6 Å². The molecule has 0 N–H and O–H groups in total. The second-order valence-electron chi connectivity index (χ2n) is 8.00. The molecule has 1 aliphatic rings. The third-order valence-electron chi connectivity index (χ3n) is 4.43. The van der Waals surface area contributed by atoms with Crippen molar-refractivity contribution in [3.8, 4) is 11.5 Å². The maximum atomic E-state index is 13.0. The Bertz CT molecular complexity index is 778. The fraction of sp³-hybridized carbons (Fsp3) is 0.650. The minimum absolute atomic E-state index is 0.0734. The first-order valence-electron chi connectivity index (χ1n) is 9.76. The molecule has 1 saturated heterocycles. The van der Waals surface area contributed by atoms with Gasteiger partial charge in [0.15, 0.2) is 11.5 Å². The fourth-order valence-corrected chi connectivity index (χ4v) is 4.52. The average Bonchev–Trinajstić information content (AvgIpc) is 2.62. The molecular formula is C20H32N2O5S. The van der Waals surface area contributed by atoms with Crippen LogP contribution in [0.1, 0.15) is 41.0 Å². The largest absolute Gasteiger partial charge is 0.490 e. The lowest BCUT2D eigenvalue weighted by atomic mass is 9.91. The molecule has 0 unspecified atom stereocenters. The van der Waals surface area contributed by atoms with Gasteiger partial charge in [-0.2, -0.15) is 4.31 Å². The van der Waals surface area contributed by atoms with E-state index in [9.17, 15) is 13.2 Å². The zero-order valence-electron chi connectivity index (χ0n) is 17.5. The van der Waals surface area contributed by atoms with Crippen LogP contribution < -0.4 is 9.47 Å². The number of amides is 1. The number of benzene rings is 1. The highest BCUT2D eigenvalue weighted by Gasteiger charge is 2.31. The molecule has 0 saturated carbocycles. The van der Waals surface area contributed by atoms with E-state index >= 15 is 0 Å². The van der Waals surface area contributed by atoms with Crippen LogP contribution in [0.15, 0.2) is 23.1 Å². The molecule has 0 radical (unpaired) electrons. The summed E-state index contributed by atoms with van der Waals surface area (Å²) < 4.78 is 38.6. The first kappa shape index (κ1) is 22.5. The highest BCUT2D eigenvalue weighted by molar-refractivity contribution is 7.89. The van der Waals surface area contributed by atoms with Crippen LogP contribution in [0, 0.1) is 5.41 Å². The van der Waals surface area contributed by atoms with E-state index in [2.05, 4.69) is 0 Å². The molecule has 1 amide bonds. The topological polar surface area (TPSA) is 76.2 Å². The molecule has 0 bridgehead atoms. The summed E-state index contributed by atoms with van der Waals surface area (Å²) in [6, 6.07) is 4.69. The van der Waals surface area contributed by atoms with E-state index in [4.69, 9.17) is 9.47 Å². The molecule has 8 heteroatoms. The van der Waals surface area contributed by atoms with Crippen molar-refractivity contribution in [1.82, 2.24) is 9.21 Å². The molecule has 1 aromatic rings. The van der Waals surface area contributed by atoms with Gasteiger partial charge in [0.2, 0.25) is 15.9 Å². The van der Waals surface area contributed by atoms with Gasteiger partial charge in [-0.25, -0.2) is 8.42 Å². The maximum absolute atomic E-state index is 13.0. The Hall–Kier alpha value is -1.80. The number of carbonyl (C=O) groups excluding carboxylic acids is 1. The molecule has 1 aromatic carbocycles. The average molecular weight is 413 g/mol. The standard InChI is InChI=1S/C20H32N2O5S/c1-6-26-17-9-8-16(14-18(17)27-7-2)28(24,25)22-12-10-21(11-13-22)19(23)15-20(3,4)5/h8-9,14H,6-7,10-13,15H2,1-5H3. The predicted molar refractivity (Wildman–Crippen MR) is 108 cm³/mol. The molecule has 0 aromatic heterocycles. The highest BCUT2D eigenvalue weighted by Crippen LogP contribution is 2.31. The Morgan fingerprint density at radius 2 is 1.57 bits per heavy atom. The first-order chi connectivity index (χ1) is 13.1. The minimum Gasteiger partial charge on any atom is -0.490 e. The van der Waals surface area contributed by atoms with Crippen LogP contribution >= 0.6 is 0 Å². The van der Waals surface area contributed by atoms with E-state index in [0.717, 1.165) is 0 Å². The van der Waals surface area contributed by atoms with Gasteiger partial charge in [0.05, 0.1) is 18.1 Å². The van der Waals surface area contributed by atoms with E-state index in [1.54, 1.807) is 17.0 Å². The summed E-state index contributed by atoms with van der Waals surface area (Å²) in [5.74, 6) is 1.02. The quantitative estimate of drug-likeness (QED) is 0.688. The Morgan fingerprint density at radius 3 is 2.11 bits per heavy atom. The summed E-state index contributed by atoms with van der Waals surface area (Å²) in [7, 11) is -3.66. The lowest BCUT2D eigenvalue weighted by Gasteiger charge is -2.35. The summed E-state index contributed by atoms with van der Waals surface area (Å²) in [5.41, 5.74) is -0.0850. The van der Waals surface area contributed by atoms with Gasteiger partial charge in [0, 0.05) is 38.7 Å². The van der Waals surface area contributed by atoms with Gasteiger partial charge in [0.25, 0.3) is 0 Å². The smallest absolute Gasteiger partial charge is 0.243 e. The maximum Gasteiger partial charge on any atom is 0.243 e. The number of nitrogens with zero attached hydrogens (tertiary/aromatic N) is 2. The zero-order chi connectivity index (χ0) is 20.9. The van der Waals surface area contributed by atoms with Crippen molar-refractivity contribution >= 4 is 15.9 Å². The number of sulfonamides is 1. The van der Waals surface area contributed by atoms with Gasteiger partial charge in [-0.3, -0.25) is 4.79 Å². The lowest BCUT2D eigenvalue weighted by Crippen LogP contribution is -2.51. The molecular weight excluding hydrogens is 380 g/mol. The number of piperazine rings is 1. The highest BCUT2D eigenvalue weighted by atomic mass is 32.2. The third-order valence-corrected chi connectivity index (χ3v) is 6.32. The number of rotatable bonds is 7. The summed E-state index contributed by atoms with van der Waals surface area (Å²) >= 11 is 0. The lowest BCUT2D eigenvalue weighted by molar-refractivity contribution is -0.134. The Labute approximate surface area is 168 Å². The first-order valence-corrected chi connectivity index (χ1v) is 11.2. The summed E-state index contributed by atoms with van der Waals surface area (Å²) in [6.07, 6.45) is 0.455. The van der Waals surface area contributed by atoms with Crippen LogP contribution in [0.3, 0.4) is 0 Å². The van der Waals surface area contributed by atoms with Crippen LogP contribution in [0.5, 0.6) is 11.5 Å². The Kier molecular flexibility index (Phi) is 7.33. The van der Waals surface area contributed by atoms with Gasteiger partial charge in [-0.15, -0.1) is 0 Å². The second kappa shape index (κ2) is 9.13. The van der Waals surface area contributed by atoms with Crippen molar-refractivity contribution in [3.63, 3.8) is 0 Å². The van der Waals surface area contributed by atoms with E-state index in [-0.39, 0.29) is 29.3 Å². The van der Waals surface area contributed by atoms with Crippen LogP contribution in [0.25, 0.3) is 0 Å². The number of hydrogen-bond donors (Lipinski definition) is 0. The van der Waals surface area contributed by atoms with Gasteiger partial charge < -0.3 is 14.4 Å². The Balaban J connectivity index is 2.12. The van der Waals surface area contributed by atoms with Crippen LogP contribution in [-0.4, -0.2) is 62.9 Å². The van der Waals surface area contributed by atoms with Crippen molar-refractivity contribution in [1.29, 1.82) is 0 Å². The predicted octanol–water partition coefficient (Wildman–Crippen LogP) is 2.75. The van der Waals surface area contributed by atoms with Crippen LogP contribution in [-0.2, 0) is 14.8 Å². The normalized spacial score (nSPS) is 16.1. The molecule has 0 spiro atoms. The number of hydrogen-bond acceptors (Lipinski definition) is 5. The molecule has 2 rings (SSSR count). The van der Waals surface area contributed by atoms with Gasteiger partial charge >= 0.3 is 0 Å². The Morgan fingerprint density at radius 1 is 1.00 bits per heavy atom. The van der Waals surface area contributed by atoms with E-state index in [1.165, 1.54) is 10.4 Å². The SMILES string of the molecule is CCOc1ccc(S(=O)(=O)N2CCN(C(=O)CC(C)(C)C)CC2)cc1OCC. The second-order valence-corrected chi connectivity index (χ2v) is 9.93. The molecule has 1 fully saturated rings. The van der Waals surface area contributed by atoms with Crippen molar-refractivity contribution < 1.29 is 22.7 Å². The van der Waals surface area contributed by atoms with Gasteiger partial charge in [0.1, 0.15) is 0 Å². The zero-order valence-corrected chi connectivity index (χ0v) is 18.3. The monoisotopic (exact) mass is 412 g/mol. The molecule has 28 heavy (non-hydrogen) atoms. The minimum atomic E-state index is -3.66. The molecule has 0 atom stereocenters. The summed E-state index contributed by atoms with van der Waals surface area (Å²) in [5, 5.41) is 0. The van der Waals surface area contributed by atoms with Crippen LogP contribution in [0.2, 0.25) is 0 Å². The van der Waals surface area contributed by atoms with Crippen molar-refractivity contribution in [3.05, 3.63) is 18.2 Å². The van der Waals surface area contributed by atoms with Crippen molar-refractivity contribution in [2.45, 2.75) is 45.9 Å². The van der Waals surface area contributed by atoms with E-state index in [0.29, 0.717) is 44.2 Å². The van der Waals surface area contributed by atoms with E-state index < -0.39 is 10.0 Å². The molecule has 158 valence electrons. The van der Waals surface area contributed by atoms with Crippen molar-refractivity contribution in [2.24, 2.45) is 5.41 Å². The van der Waals surface area contributed by atoms with Crippen LogP contribution in [0.4, 0.5) is 0 Å². The fourth-order valence-electron chi connectivity index (χ4n) is 3.08. The molecule has 1 aliphatic heterocycles. The molecule has 1 heterocycles. The summed E-state index contributed by atoms with van der Waals surface area (Å²) in [4.78, 5) is 14.3. The third kappa shape index (κ3) is 5.61.